The van der Waals surface area contributed by atoms with Gasteiger partial charge in [0, 0.05) is 52.0 Å². The maximum Gasteiger partial charge on any atom is 0.274 e. The van der Waals surface area contributed by atoms with Crippen molar-refractivity contribution in [3.05, 3.63) is 51.5 Å². The van der Waals surface area contributed by atoms with Crippen molar-refractivity contribution in [1.82, 2.24) is 14.7 Å². The molecule has 8 nitrogen and oxygen atoms in total. The number of hydrogen-bond acceptors (Lipinski definition) is 7. The summed E-state index contributed by atoms with van der Waals surface area (Å²) in [5.41, 5.74) is 10.4. The molecule has 3 aromatic rings. The smallest absolute Gasteiger partial charge is 0.274 e. The standard InChI is InChI=1S/C26H30N4O4S/c1-14(27)22(15(2)31)17-10-18-21(11-20(17)33-7)34-12-19-23(25(32)29(6)26(3,4)5)28-30(24(18)19)16-8-9-35-13-16/h8-11,13H,12,27H2,1-7H3. The topological polar surface area (TPSA) is 99.7 Å². The Labute approximate surface area is 208 Å². The second kappa shape index (κ2) is 8.88. The molecule has 1 aliphatic heterocycles. The molecule has 1 aromatic carbocycles. The van der Waals surface area contributed by atoms with Gasteiger partial charge in [-0.25, -0.2) is 4.68 Å². The van der Waals surface area contributed by atoms with E-state index in [4.69, 9.17) is 20.3 Å². The molecule has 3 heterocycles. The number of carbonyl (C=O) groups excluding carboxylic acids is 2. The van der Waals surface area contributed by atoms with Crippen LogP contribution in [0.4, 0.5) is 0 Å². The van der Waals surface area contributed by atoms with Crippen LogP contribution in [-0.2, 0) is 11.4 Å². The molecule has 184 valence electrons. The van der Waals surface area contributed by atoms with Crippen molar-refractivity contribution in [3.63, 3.8) is 0 Å². The summed E-state index contributed by atoms with van der Waals surface area (Å²) in [6, 6.07) is 5.54. The van der Waals surface area contributed by atoms with Gasteiger partial charge in [-0.15, -0.1) is 0 Å². The Kier molecular flexibility index (Phi) is 6.23. The number of methoxy groups -OCH3 is 1. The number of thiophene rings is 1. The minimum atomic E-state index is -0.385. The summed E-state index contributed by atoms with van der Waals surface area (Å²) in [5.74, 6) is 0.697. The number of hydrogen-bond donors (Lipinski definition) is 1. The van der Waals surface area contributed by atoms with Crippen molar-refractivity contribution in [1.29, 1.82) is 0 Å². The maximum atomic E-state index is 13.5. The zero-order valence-electron chi connectivity index (χ0n) is 21.1. The summed E-state index contributed by atoms with van der Waals surface area (Å²) in [5, 5.41) is 8.70. The molecule has 2 aromatic heterocycles. The second-order valence-corrected chi connectivity index (χ2v) is 10.3. The van der Waals surface area contributed by atoms with Crippen LogP contribution >= 0.6 is 11.3 Å². The number of rotatable bonds is 5. The van der Waals surface area contributed by atoms with Crippen molar-refractivity contribution >= 4 is 28.6 Å². The van der Waals surface area contributed by atoms with Crippen LogP contribution in [0, 0.1) is 0 Å². The average Bonchev–Trinajstić information content (AvgIpc) is 3.44. The fourth-order valence-corrected chi connectivity index (χ4v) is 4.74. The van der Waals surface area contributed by atoms with Crippen molar-refractivity contribution in [2.24, 2.45) is 5.73 Å². The molecule has 0 saturated carbocycles. The summed E-state index contributed by atoms with van der Waals surface area (Å²) < 4.78 is 13.5. The number of ketones is 1. The lowest BCUT2D eigenvalue weighted by molar-refractivity contribution is -0.111. The second-order valence-electron chi connectivity index (χ2n) is 9.56. The van der Waals surface area contributed by atoms with E-state index in [0.29, 0.717) is 45.2 Å². The Morgan fingerprint density at radius 3 is 2.51 bits per heavy atom. The van der Waals surface area contributed by atoms with Crippen molar-refractivity contribution in [2.75, 3.05) is 14.2 Å². The predicted octanol–water partition coefficient (Wildman–Crippen LogP) is 4.65. The monoisotopic (exact) mass is 494 g/mol. The van der Waals surface area contributed by atoms with E-state index < -0.39 is 0 Å². The normalized spacial score (nSPS) is 13.3. The quantitative estimate of drug-likeness (QED) is 0.518. The van der Waals surface area contributed by atoms with Gasteiger partial charge in [0.15, 0.2) is 11.5 Å². The Bertz CT molecular complexity index is 1340. The largest absolute Gasteiger partial charge is 0.496 e. The average molecular weight is 495 g/mol. The van der Waals surface area contributed by atoms with E-state index in [1.165, 1.54) is 14.0 Å². The van der Waals surface area contributed by atoms with E-state index in [2.05, 4.69) is 0 Å². The van der Waals surface area contributed by atoms with Crippen LogP contribution in [0.2, 0.25) is 0 Å². The van der Waals surface area contributed by atoms with Gasteiger partial charge in [0.25, 0.3) is 5.91 Å². The van der Waals surface area contributed by atoms with Gasteiger partial charge < -0.3 is 20.1 Å². The van der Waals surface area contributed by atoms with Gasteiger partial charge in [-0.05, 0) is 52.1 Å². The first-order valence-electron chi connectivity index (χ1n) is 11.2. The van der Waals surface area contributed by atoms with Crippen LogP contribution in [0.3, 0.4) is 0 Å². The zero-order valence-corrected chi connectivity index (χ0v) is 21.9. The molecule has 0 saturated heterocycles. The number of amides is 1. The number of nitrogens with two attached hydrogens (primary N) is 1. The molecule has 0 unspecified atom stereocenters. The Morgan fingerprint density at radius 1 is 1.26 bits per heavy atom. The van der Waals surface area contributed by atoms with Crippen LogP contribution in [0.25, 0.3) is 22.5 Å². The van der Waals surface area contributed by atoms with Crippen LogP contribution in [0.15, 0.2) is 34.7 Å². The number of fused-ring (bicyclic) bond motifs is 3. The zero-order chi connectivity index (χ0) is 25.7. The number of allylic oxidation sites excluding steroid dienone is 2. The minimum Gasteiger partial charge on any atom is -0.496 e. The fourth-order valence-electron chi connectivity index (χ4n) is 4.12. The lowest BCUT2D eigenvalue weighted by Crippen LogP contribution is -2.43. The van der Waals surface area contributed by atoms with Crippen molar-refractivity contribution < 1.29 is 19.1 Å². The summed E-state index contributed by atoms with van der Waals surface area (Å²) in [6.45, 7) is 9.26. The van der Waals surface area contributed by atoms with E-state index in [1.54, 1.807) is 41.0 Å². The first-order valence-corrected chi connectivity index (χ1v) is 12.2. The fraction of sp³-hybridized carbons (Fsp3) is 0.346. The van der Waals surface area contributed by atoms with Gasteiger partial charge in [0.2, 0.25) is 0 Å². The Morgan fingerprint density at radius 2 is 1.97 bits per heavy atom. The van der Waals surface area contributed by atoms with Crippen LogP contribution in [-0.4, -0.2) is 46.1 Å². The Balaban J connectivity index is 2.02. The molecule has 0 spiro atoms. The maximum absolute atomic E-state index is 13.5. The lowest BCUT2D eigenvalue weighted by atomic mass is 9.93. The lowest BCUT2D eigenvalue weighted by Gasteiger charge is -2.31. The molecule has 1 amide bonds. The van der Waals surface area contributed by atoms with Crippen molar-refractivity contribution in [2.45, 2.75) is 46.8 Å². The minimum absolute atomic E-state index is 0.172. The van der Waals surface area contributed by atoms with Gasteiger partial charge in [0.05, 0.1) is 18.5 Å². The van der Waals surface area contributed by atoms with Crippen LogP contribution in [0.5, 0.6) is 11.5 Å². The highest BCUT2D eigenvalue weighted by molar-refractivity contribution is 7.08. The number of aromatic nitrogens is 2. The highest BCUT2D eigenvalue weighted by Gasteiger charge is 2.35. The molecule has 9 heteroatoms. The van der Waals surface area contributed by atoms with E-state index in [9.17, 15) is 9.59 Å². The third-order valence-electron chi connectivity index (χ3n) is 6.19. The molecule has 0 aliphatic carbocycles. The third-order valence-corrected chi connectivity index (χ3v) is 6.86. The first-order chi connectivity index (χ1) is 16.5. The predicted molar refractivity (Wildman–Crippen MR) is 137 cm³/mol. The molecule has 0 radical (unpaired) electrons. The summed E-state index contributed by atoms with van der Waals surface area (Å²) in [4.78, 5) is 27.7. The molecule has 35 heavy (non-hydrogen) atoms. The molecular weight excluding hydrogens is 464 g/mol. The number of nitrogens with zero attached hydrogens (tertiary/aromatic N) is 3. The highest BCUT2D eigenvalue weighted by Crippen LogP contribution is 2.45. The van der Waals surface area contributed by atoms with E-state index >= 15 is 0 Å². The number of Topliss-reactive ketones (excluding diaryl/α,β-unsaturated/α-hetero) is 1. The molecule has 0 fully saturated rings. The SMILES string of the molecule is COc1cc2c(cc1C(C(C)=O)=C(C)N)-c1c(c(C(=O)N(C)C(C)(C)C)nn1-c1ccsc1)CO2. The highest BCUT2D eigenvalue weighted by atomic mass is 32.1. The third kappa shape index (κ3) is 4.20. The van der Waals surface area contributed by atoms with E-state index in [1.807, 2.05) is 43.7 Å². The van der Waals surface area contributed by atoms with Gasteiger partial charge >= 0.3 is 0 Å². The molecule has 2 N–H and O–H groups in total. The molecule has 0 atom stereocenters. The molecular formula is C26H30N4O4S. The first kappa shape index (κ1) is 24.5. The van der Waals surface area contributed by atoms with Gasteiger partial charge in [-0.1, -0.05) is 0 Å². The molecule has 1 aliphatic rings. The van der Waals surface area contributed by atoms with Gasteiger partial charge in [0.1, 0.15) is 18.1 Å². The Hall–Kier alpha value is -3.59. The van der Waals surface area contributed by atoms with Crippen LogP contribution in [0.1, 0.15) is 56.2 Å². The van der Waals surface area contributed by atoms with Crippen LogP contribution < -0.4 is 15.2 Å². The van der Waals surface area contributed by atoms with E-state index in [0.717, 1.165) is 11.4 Å². The van der Waals surface area contributed by atoms with E-state index in [-0.39, 0.29) is 23.8 Å². The molecule has 4 rings (SSSR count). The summed E-state index contributed by atoms with van der Waals surface area (Å²) in [7, 11) is 3.31. The van der Waals surface area contributed by atoms with Gasteiger partial charge in [-0.3, -0.25) is 9.59 Å². The summed E-state index contributed by atoms with van der Waals surface area (Å²) >= 11 is 1.54. The number of carbonyl (C=O) groups is 2. The number of ether oxygens (including phenoxy) is 2. The number of benzene rings is 1. The van der Waals surface area contributed by atoms with Crippen molar-refractivity contribution in [3.8, 4) is 28.4 Å². The molecule has 0 bridgehead atoms. The van der Waals surface area contributed by atoms with Gasteiger partial charge in [-0.2, -0.15) is 16.4 Å². The summed E-state index contributed by atoms with van der Waals surface area (Å²) in [6.07, 6.45) is 0.